The van der Waals surface area contributed by atoms with E-state index in [0.717, 1.165) is 57.8 Å². The van der Waals surface area contributed by atoms with Crippen LogP contribution in [0.2, 0.25) is 0 Å². The maximum atomic E-state index is 10.3. The number of nitrogens with two attached hydrogens (primary N) is 1. The number of aromatic nitrogens is 1. The molecule has 0 saturated carbocycles. The first-order valence-electron chi connectivity index (χ1n) is 8.14. The predicted octanol–water partition coefficient (Wildman–Crippen LogP) is 0.321. The number of ether oxygens (including phenoxy) is 1. The summed E-state index contributed by atoms with van der Waals surface area (Å²) < 4.78 is 5.44. The Bertz CT molecular complexity index is 479. The fourth-order valence-corrected chi connectivity index (χ4v) is 3.43. The van der Waals surface area contributed by atoms with Gasteiger partial charge in [-0.25, -0.2) is 4.98 Å². The van der Waals surface area contributed by atoms with Gasteiger partial charge in [0.1, 0.15) is 5.82 Å². The Morgan fingerprint density at radius 3 is 2.86 bits per heavy atom. The number of rotatable bonds is 3. The molecule has 2 aliphatic rings. The Labute approximate surface area is 131 Å². The molecule has 6 heteroatoms. The van der Waals surface area contributed by atoms with E-state index in [2.05, 4.69) is 14.8 Å². The third-order valence-corrected chi connectivity index (χ3v) is 4.64. The van der Waals surface area contributed by atoms with Gasteiger partial charge in [-0.15, -0.1) is 0 Å². The molecule has 3 rings (SSSR count). The highest BCUT2D eigenvalue weighted by Gasteiger charge is 2.27. The molecule has 0 bridgehead atoms. The number of β-amino-alcohol motifs (C(OH)–C–C–N with tert-alkyl or cyclic N) is 1. The summed E-state index contributed by atoms with van der Waals surface area (Å²) in [6, 6.07) is 4.47. The van der Waals surface area contributed by atoms with Gasteiger partial charge in [0.05, 0.1) is 6.10 Å². The molecule has 0 spiro atoms. The summed E-state index contributed by atoms with van der Waals surface area (Å²) in [5, 5.41) is 10.3. The molecule has 0 aromatic carbocycles. The zero-order chi connectivity index (χ0) is 15.4. The standard InChI is InChI=1S/C16H26N4O2/c17-16-13(2-1-5-18-16)10-19-6-7-20(12-15(21)11-19)14-3-8-22-9-4-14/h1-2,5,14-15,21H,3-4,6-12H2,(H2,17,18)/t15-/m0/s1. The topological polar surface area (TPSA) is 74.9 Å². The highest BCUT2D eigenvalue weighted by atomic mass is 16.5. The van der Waals surface area contributed by atoms with Crippen LogP contribution in [0.25, 0.3) is 0 Å². The Balaban J connectivity index is 1.60. The van der Waals surface area contributed by atoms with Crippen molar-refractivity contribution < 1.29 is 9.84 Å². The number of aliphatic hydroxyl groups excluding tert-OH is 1. The summed E-state index contributed by atoms with van der Waals surface area (Å²) >= 11 is 0. The van der Waals surface area contributed by atoms with Crippen LogP contribution in [0.5, 0.6) is 0 Å². The van der Waals surface area contributed by atoms with E-state index in [1.807, 2.05) is 12.1 Å². The molecule has 1 aromatic rings. The highest BCUT2D eigenvalue weighted by molar-refractivity contribution is 5.38. The van der Waals surface area contributed by atoms with Gasteiger partial charge < -0.3 is 15.6 Å². The molecule has 0 amide bonds. The molecule has 122 valence electrons. The molecule has 3 N–H and O–H groups in total. The molecule has 0 radical (unpaired) electrons. The molecular weight excluding hydrogens is 280 g/mol. The number of nitrogens with zero attached hydrogens (tertiary/aromatic N) is 3. The second kappa shape index (κ2) is 7.37. The fraction of sp³-hybridized carbons (Fsp3) is 0.688. The Kier molecular flexibility index (Phi) is 5.25. The first-order chi connectivity index (χ1) is 10.7. The highest BCUT2D eigenvalue weighted by Crippen LogP contribution is 2.18. The maximum Gasteiger partial charge on any atom is 0.127 e. The molecule has 2 saturated heterocycles. The van der Waals surface area contributed by atoms with E-state index in [9.17, 15) is 5.11 Å². The van der Waals surface area contributed by atoms with Crippen molar-refractivity contribution in [1.29, 1.82) is 0 Å². The Morgan fingerprint density at radius 2 is 2.09 bits per heavy atom. The molecule has 0 unspecified atom stereocenters. The van der Waals surface area contributed by atoms with E-state index in [1.54, 1.807) is 6.20 Å². The zero-order valence-electron chi connectivity index (χ0n) is 13.0. The lowest BCUT2D eigenvalue weighted by molar-refractivity contribution is 0.0217. The number of hydrogen-bond donors (Lipinski definition) is 2. The quantitative estimate of drug-likeness (QED) is 0.838. The minimum absolute atomic E-state index is 0.316. The maximum absolute atomic E-state index is 10.3. The Hall–Kier alpha value is -1.21. The SMILES string of the molecule is Nc1ncccc1CN1CCN(C2CCOCC2)C[C@@H](O)C1. The van der Waals surface area contributed by atoms with Crippen LogP contribution in [0.4, 0.5) is 5.82 Å². The molecule has 22 heavy (non-hydrogen) atoms. The lowest BCUT2D eigenvalue weighted by Crippen LogP contribution is -2.43. The van der Waals surface area contributed by atoms with E-state index < -0.39 is 0 Å². The summed E-state index contributed by atoms with van der Waals surface area (Å²) in [5.41, 5.74) is 6.97. The average molecular weight is 306 g/mol. The zero-order valence-corrected chi connectivity index (χ0v) is 13.0. The van der Waals surface area contributed by atoms with Crippen LogP contribution in [-0.2, 0) is 11.3 Å². The number of hydrogen-bond acceptors (Lipinski definition) is 6. The summed E-state index contributed by atoms with van der Waals surface area (Å²) in [6.07, 6.45) is 3.54. The number of anilines is 1. The summed E-state index contributed by atoms with van der Waals surface area (Å²) in [5.74, 6) is 0.586. The van der Waals surface area contributed by atoms with Crippen molar-refractivity contribution in [2.24, 2.45) is 0 Å². The minimum Gasteiger partial charge on any atom is -0.390 e. The van der Waals surface area contributed by atoms with Crippen LogP contribution in [0, 0.1) is 0 Å². The van der Waals surface area contributed by atoms with Crippen LogP contribution in [0.15, 0.2) is 18.3 Å². The van der Waals surface area contributed by atoms with Crippen LogP contribution in [0.1, 0.15) is 18.4 Å². The van der Waals surface area contributed by atoms with Gasteiger partial charge in [-0.1, -0.05) is 6.07 Å². The lowest BCUT2D eigenvalue weighted by atomic mass is 10.1. The predicted molar refractivity (Wildman–Crippen MR) is 85.3 cm³/mol. The fourth-order valence-electron chi connectivity index (χ4n) is 3.43. The van der Waals surface area contributed by atoms with Crippen LogP contribution in [0.3, 0.4) is 0 Å². The molecule has 2 aliphatic heterocycles. The third kappa shape index (κ3) is 3.95. The lowest BCUT2D eigenvalue weighted by Gasteiger charge is -2.33. The number of pyridine rings is 1. The molecule has 3 heterocycles. The van der Waals surface area contributed by atoms with Gasteiger partial charge in [0.25, 0.3) is 0 Å². The van der Waals surface area contributed by atoms with E-state index in [-0.39, 0.29) is 6.10 Å². The molecule has 0 aliphatic carbocycles. The van der Waals surface area contributed by atoms with Crippen molar-refractivity contribution in [3.05, 3.63) is 23.9 Å². The molecule has 1 aromatic heterocycles. The minimum atomic E-state index is -0.316. The monoisotopic (exact) mass is 306 g/mol. The van der Waals surface area contributed by atoms with Gasteiger partial charge in [-0.2, -0.15) is 0 Å². The van der Waals surface area contributed by atoms with Gasteiger partial charge in [0.2, 0.25) is 0 Å². The smallest absolute Gasteiger partial charge is 0.127 e. The summed E-state index contributed by atoms with van der Waals surface area (Å²) in [7, 11) is 0. The van der Waals surface area contributed by atoms with Gasteiger partial charge in [0, 0.05) is 63.7 Å². The van der Waals surface area contributed by atoms with Gasteiger partial charge >= 0.3 is 0 Å². The van der Waals surface area contributed by atoms with Crippen molar-refractivity contribution in [3.63, 3.8) is 0 Å². The number of aliphatic hydroxyl groups is 1. The first kappa shape index (κ1) is 15.7. The molecule has 6 nitrogen and oxygen atoms in total. The van der Waals surface area contributed by atoms with Crippen LogP contribution >= 0.6 is 0 Å². The third-order valence-electron chi connectivity index (χ3n) is 4.64. The molecular formula is C16H26N4O2. The summed E-state index contributed by atoms with van der Waals surface area (Å²) in [6.45, 7) is 5.81. The van der Waals surface area contributed by atoms with Gasteiger partial charge in [-0.05, 0) is 18.9 Å². The van der Waals surface area contributed by atoms with Crippen molar-refractivity contribution >= 4 is 5.82 Å². The van der Waals surface area contributed by atoms with Crippen LogP contribution < -0.4 is 5.73 Å². The van der Waals surface area contributed by atoms with E-state index in [1.165, 1.54) is 0 Å². The first-order valence-corrected chi connectivity index (χ1v) is 8.14. The number of nitrogen functional groups attached to an aromatic ring is 1. The van der Waals surface area contributed by atoms with Crippen molar-refractivity contribution in [2.45, 2.75) is 31.5 Å². The summed E-state index contributed by atoms with van der Waals surface area (Å²) in [4.78, 5) is 8.85. The largest absolute Gasteiger partial charge is 0.390 e. The van der Waals surface area contributed by atoms with E-state index in [0.29, 0.717) is 18.4 Å². The van der Waals surface area contributed by atoms with Gasteiger partial charge in [0.15, 0.2) is 0 Å². The van der Waals surface area contributed by atoms with Crippen molar-refractivity contribution in [3.8, 4) is 0 Å². The van der Waals surface area contributed by atoms with E-state index in [4.69, 9.17) is 10.5 Å². The molecule has 1 atom stereocenters. The van der Waals surface area contributed by atoms with E-state index >= 15 is 0 Å². The second-order valence-electron chi connectivity index (χ2n) is 6.28. The van der Waals surface area contributed by atoms with Crippen LogP contribution in [-0.4, -0.2) is 71.4 Å². The van der Waals surface area contributed by atoms with Gasteiger partial charge in [-0.3, -0.25) is 9.80 Å². The Morgan fingerprint density at radius 1 is 1.27 bits per heavy atom. The molecule has 2 fully saturated rings. The second-order valence-corrected chi connectivity index (χ2v) is 6.28. The average Bonchev–Trinajstić information content (AvgIpc) is 2.72. The van der Waals surface area contributed by atoms with Crippen molar-refractivity contribution in [1.82, 2.24) is 14.8 Å². The normalized spacial score (nSPS) is 26.0. The van der Waals surface area contributed by atoms with Crippen molar-refractivity contribution in [2.75, 3.05) is 45.1 Å².